The average Bonchev–Trinajstić information content (AvgIpc) is 2.31. The molecule has 0 aromatic carbocycles. The Morgan fingerprint density at radius 3 is 2.89 bits per heavy atom. The zero-order chi connectivity index (χ0) is 13.2. The summed E-state index contributed by atoms with van der Waals surface area (Å²) in [6, 6.07) is 1.71. The summed E-state index contributed by atoms with van der Waals surface area (Å²) in [7, 11) is 0. The van der Waals surface area contributed by atoms with Crippen molar-refractivity contribution >= 4 is 24.0 Å². The highest BCUT2D eigenvalue weighted by atomic mass is 35.5. The number of carbonyl (C=O) groups excluding carboxylic acids is 1. The van der Waals surface area contributed by atoms with Crippen molar-refractivity contribution in [1.82, 2.24) is 10.3 Å². The fourth-order valence-corrected chi connectivity index (χ4v) is 2.48. The summed E-state index contributed by atoms with van der Waals surface area (Å²) in [4.78, 5) is 16.4. The number of hydrogen-bond donors (Lipinski definition) is 2. The molecule has 1 saturated heterocycles. The lowest BCUT2D eigenvalue weighted by Gasteiger charge is -2.38. The van der Waals surface area contributed by atoms with E-state index in [4.69, 9.17) is 0 Å². The van der Waals surface area contributed by atoms with Gasteiger partial charge in [-0.15, -0.1) is 12.4 Å². The zero-order valence-corrected chi connectivity index (χ0v) is 12.5. The Labute approximate surface area is 120 Å². The Balaban J connectivity index is 0.00000180. The predicted molar refractivity (Wildman–Crippen MR) is 79.7 cm³/mol. The molecule has 0 bridgehead atoms. The zero-order valence-electron chi connectivity index (χ0n) is 11.7. The van der Waals surface area contributed by atoms with E-state index in [-0.39, 0.29) is 29.8 Å². The first-order valence-corrected chi connectivity index (χ1v) is 6.45. The fourth-order valence-electron chi connectivity index (χ4n) is 2.48. The summed E-state index contributed by atoms with van der Waals surface area (Å²) in [6.07, 6.45) is 5.66. The number of rotatable bonds is 2. The van der Waals surface area contributed by atoms with Crippen molar-refractivity contribution in [3.63, 3.8) is 0 Å². The van der Waals surface area contributed by atoms with E-state index < -0.39 is 0 Å². The van der Waals surface area contributed by atoms with E-state index in [9.17, 15) is 4.79 Å². The quantitative estimate of drug-likeness (QED) is 0.877. The molecule has 0 radical (unpaired) electrons. The lowest BCUT2D eigenvalue weighted by atomic mass is 9.77. The van der Waals surface area contributed by atoms with E-state index in [0.717, 1.165) is 30.6 Å². The van der Waals surface area contributed by atoms with Crippen molar-refractivity contribution in [2.75, 3.05) is 11.9 Å². The smallest absolute Gasteiger partial charge is 0.242 e. The number of nitrogens with one attached hydrogen (secondary N) is 2. The normalized spacial score (nSPS) is 21.3. The third-order valence-corrected chi connectivity index (χ3v) is 3.67. The van der Waals surface area contributed by atoms with Crippen molar-refractivity contribution < 1.29 is 4.79 Å². The Morgan fingerprint density at radius 1 is 1.53 bits per heavy atom. The molecule has 106 valence electrons. The second kappa shape index (κ2) is 6.35. The monoisotopic (exact) mass is 283 g/mol. The van der Waals surface area contributed by atoms with Gasteiger partial charge in [0.25, 0.3) is 0 Å². The van der Waals surface area contributed by atoms with Crippen LogP contribution in [0.2, 0.25) is 0 Å². The van der Waals surface area contributed by atoms with Gasteiger partial charge in [-0.1, -0.05) is 13.8 Å². The third kappa shape index (κ3) is 3.67. The standard InChI is InChI=1S/C14H21N3O.ClH/c1-10-9-15-8-5-11(10)17-13(18)12-14(2,3)6-4-7-16-12;/h5,8-9,12,16H,4,6-7H2,1-3H3,(H,15,17,18);1H. The van der Waals surface area contributed by atoms with Crippen molar-refractivity contribution in [2.24, 2.45) is 5.41 Å². The van der Waals surface area contributed by atoms with Crippen LogP contribution in [0, 0.1) is 12.3 Å². The topological polar surface area (TPSA) is 54.0 Å². The van der Waals surface area contributed by atoms with Crippen LogP contribution in [-0.2, 0) is 4.79 Å². The Hall–Kier alpha value is -1.13. The number of hydrogen-bond acceptors (Lipinski definition) is 3. The third-order valence-electron chi connectivity index (χ3n) is 3.67. The van der Waals surface area contributed by atoms with E-state index in [2.05, 4.69) is 29.5 Å². The molecule has 1 fully saturated rings. The minimum Gasteiger partial charge on any atom is -0.324 e. The van der Waals surface area contributed by atoms with Gasteiger partial charge in [-0.2, -0.15) is 0 Å². The molecule has 19 heavy (non-hydrogen) atoms. The van der Waals surface area contributed by atoms with E-state index in [1.54, 1.807) is 12.4 Å². The fraction of sp³-hybridized carbons (Fsp3) is 0.571. The number of aryl methyl sites for hydroxylation is 1. The van der Waals surface area contributed by atoms with Crippen LogP contribution in [0.1, 0.15) is 32.3 Å². The second-order valence-corrected chi connectivity index (χ2v) is 5.66. The molecule has 2 N–H and O–H groups in total. The van der Waals surface area contributed by atoms with Crippen molar-refractivity contribution in [3.05, 3.63) is 24.0 Å². The molecule has 2 heterocycles. The first kappa shape index (κ1) is 15.9. The summed E-state index contributed by atoms with van der Waals surface area (Å²) < 4.78 is 0. The molecular formula is C14H22ClN3O. The molecule has 0 saturated carbocycles. The van der Waals surface area contributed by atoms with Crippen molar-refractivity contribution in [2.45, 2.75) is 39.7 Å². The van der Waals surface area contributed by atoms with Gasteiger partial charge in [-0.3, -0.25) is 9.78 Å². The molecule has 5 heteroatoms. The number of nitrogens with zero attached hydrogens (tertiary/aromatic N) is 1. The molecule has 1 amide bonds. The predicted octanol–water partition coefficient (Wildman–Crippen LogP) is 2.53. The molecule has 1 aliphatic rings. The first-order chi connectivity index (χ1) is 8.50. The summed E-state index contributed by atoms with van der Waals surface area (Å²) >= 11 is 0. The van der Waals surface area contributed by atoms with E-state index >= 15 is 0 Å². The summed E-state index contributed by atoms with van der Waals surface area (Å²) in [5.41, 5.74) is 1.83. The van der Waals surface area contributed by atoms with E-state index in [0.29, 0.717) is 0 Å². The van der Waals surface area contributed by atoms with Gasteiger partial charge in [-0.05, 0) is 43.4 Å². The molecule has 1 aliphatic heterocycles. The minimum absolute atomic E-state index is 0. The lowest BCUT2D eigenvalue weighted by molar-refractivity contribution is -0.121. The van der Waals surface area contributed by atoms with Gasteiger partial charge < -0.3 is 10.6 Å². The molecule has 1 aromatic rings. The summed E-state index contributed by atoms with van der Waals surface area (Å²) in [6.45, 7) is 7.14. The molecule has 1 atom stereocenters. The number of amides is 1. The number of aromatic nitrogens is 1. The minimum atomic E-state index is -0.126. The van der Waals surface area contributed by atoms with Crippen LogP contribution < -0.4 is 10.6 Å². The van der Waals surface area contributed by atoms with Crippen LogP contribution in [0.15, 0.2) is 18.5 Å². The SMILES string of the molecule is Cc1cnccc1NC(=O)C1NCCCC1(C)C.Cl. The van der Waals surface area contributed by atoms with Gasteiger partial charge in [0.1, 0.15) is 0 Å². The maximum Gasteiger partial charge on any atom is 0.242 e. The molecule has 0 aliphatic carbocycles. The highest BCUT2D eigenvalue weighted by molar-refractivity contribution is 5.96. The highest BCUT2D eigenvalue weighted by Gasteiger charge is 2.37. The van der Waals surface area contributed by atoms with Gasteiger partial charge in [-0.25, -0.2) is 0 Å². The van der Waals surface area contributed by atoms with Gasteiger partial charge in [0.05, 0.1) is 6.04 Å². The molecule has 1 aromatic heterocycles. The molecule has 4 nitrogen and oxygen atoms in total. The molecule has 1 unspecified atom stereocenters. The molecule has 0 spiro atoms. The number of carbonyl (C=O) groups is 1. The van der Waals surface area contributed by atoms with Crippen molar-refractivity contribution in [1.29, 1.82) is 0 Å². The van der Waals surface area contributed by atoms with Gasteiger partial charge in [0, 0.05) is 18.1 Å². The van der Waals surface area contributed by atoms with Crippen LogP contribution in [-0.4, -0.2) is 23.5 Å². The summed E-state index contributed by atoms with van der Waals surface area (Å²) in [5, 5.41) is 6.32. The molecular weight excluding hydrogens is 262 g/mol. The first-order valence-electron chi connectivity index (χ1n) is 6.45. The van der Waals surface area contributed by atoms with Gasteiger partial charge in [0.15, 0.2) is 0 Å². The van der Waals surface area contributed by atoms with Gasteiger partial charge >= 0.3 is 0 Å². The number of pyridine rings is 1. The Bertz CT molecular complexity index is 448. The van der Waals surface area contributed by atoms with Crippen LogP contribution in [0.3, 0.4) is 0 Å². The van der Waals surface area contributed by atoms with Gasteiger partial charge in [0.2, 0.25) is 5.91 Å². The van der Waals surface area contributed by atoms with Crippen LogP contribution in [0.25, 0.3) is 0 Å². The Kier molecular flexibility index (Phi) is 5.32. The van der Waals surface area contributed by atoms with E-state index in [1.165, 1.54) is 0 Å². The highest BCUT2D eigenvalue weighted by Crippen LogP contribution is 2.30. The van der Waals surface area contributed by atoms with Crippen molar-refractivity contribution in [3.8, 4) is 0 Å². The van der Waals surface area contributed by atoms with Crippen LogP contribution in [0.4, 0.5) is 5.69 Å². The summed E-state index contributed by atoms with van der Waals surface area (Å²) in [5.74, 6) is 0.0500. The largest absolute Gasteiger partial charge is 0.324 e. The maximum absolute atomic E-state index is 12.3. The number of halogens is 1. The Morgan fingerprint density at radius 2 is 2.26 bits per heavy atom. The second-order valence-electron chi connectivity index (χ2n) is 5.66. The van der Waals surface area contributed by atoms with Crippen LogP contribution >= 0.6 is 12.4 Å². The molecule has 2 rings (SSSR count). The average molecular weight is 284 g/mol. The maximum atomic E-state index is 12.3. The number of piperidine rings is 1. The number of anilines is 1. The lowest BCUT2D eigenvalue weighted by Crippen LogP contribution is -2.53. The van der Waals surface area contributed by atoms with E-state index in [1.807, 2.05) is 13.0 Å². The van der Waals surface area contributed by atoms with Crippen LogP contribution in [0.5, 0.6) is 0 Å².